The van der Waals surface area contributed by atoms with Gasteiger partial charge in [0.05, 0.1) is 0 Å². The predicted octanol–water partition coefficient (Wildman–Crippen LogP) is 2.07. The standard InChI is InChI=1S/CH4S.Cu.3FH/c1-2;;;;/h2H,1H3;;3*1H/q;+4;;;/p-4. The molecule has 0 aromatic carbocycles. The number of rotatable bonds is 1. The van der Waals surface area contributed by atoms with Gasteiger partial charge in [0.25, 0.3) is 0 Å². The van der Waals surface area contributed by atoms with Crippen molar-refractivity contribution >= 4 is 10.2 Å². The molecule has 0 saturated carbocycles. The Morgan fingerprint density at radius 1 is 1.33 bits per heavy atom. The average Bonchev–Trinajstić information content (AvgIpc) is 1.35. The molecule has 0 unspecified atom stereocenters. The van der Waals surface area contributed by atoms with Crippen LogP contribution in [-0.2, 0) is 13.1 Å². The fourth-order valence-electron chi connectivity index (χ4n) is 0. The van der Waals surface area contributed by atoms with Crippen LogP contribution in [-0.4, -0.2) is 6.26 Å². The van der Waals surface area contributed by atoms with Crippen molar-refractivity contribution in [1.82, 2.24) is 0 Å². The van der Waals surface area contributed by atoms with Crippen molar-refractivity contribution in [3.63, 3.8) is 0 Å². The Bertz CT molecular complexity index is 40.5. The van der Waals surface area contributed by atoms with Crippen LogP contribution in [0.25, 0.3) is 0 Å². The molecule has 0 nitrogen and oxygen atoms in total. The summed E-state index contributed by atoms with van der Waals surface area (Å²) in [6, 6.07) is 0. The molecule has 0 aliphatic heterocycles. The molecular weight excluding hydrogens is 165 g/mol. The predicted molar refractivity (Wildman–Crippen MR) is 16.8 cm³/mol. The van der Waals surface area contributed by atoms with E-state index < -0.39 is 13.1 Å². The first kappa shape index (κ1) is 6.66. The van der Waals surface area contributed by atoms with E-state index in [-0.39, 0.29) is 10.2 Å². The van der Waals surface area contributed by atoms with Crippen molar-refractivity contribution in [2.75, 3.05) is 6.26 Å². The van der Waals surface area contributed by atoms with Crippen LogP contribution in [0.1, 0.15) is 0 Å². The fourth-order valence-corrected chi connectivity index (χ4v) is 0. The van der Waals surface area contributed by atoms with Crippen LogP contribution in [0.3, 0.4) is 0 Å². The minimum absolute atomic E-state index is 0.0399. The van der Waals surface area contributed by atoms with Gasteiger partial charge in [-0.05, 0) is 0 Å². The van der Waals surface area contributed by atoms with Crippen LogP contribution in [0.15, 0.2) is 0 Å². The number of halogens is 3. The van der Waals surface area contributed by atoms with Crippen LogP contribution in [0.5, 0.6) is 0 Å². The molecule has 6 heavy (non-hydrogen) atoms. The molecule has 0 N–H and O–H groups in total. The van der Waals surface area contributed by atoms with Crippen molar-refractivity contribution in [3.8, 4) is 0 Å². The van der Waals surface area contributed by atoms with Crippen LogP contribution >= 0.6 is 10.2 Å². The SMILES string of the molecule is C[S][Cu]([F])([F])[F]. The van der Waals surface area contributed by atoms with Crippen molar-refractivity contribution in [2.24, 2.45) is 0 Å². The van der Waals surface area contributed by atoms with E-state index in [0.717, 1.165) is 6.26 Å². The molecular formula is CH3CuF3S. The monoisotopic (exact) mass is 167 g/mol. The molecule has 0 saturated heterocycles. The Hall–Kier alpha value is 0.659. The summed E-state index contributed by atoms with van der Waals surface area (Å²) in [7, 11) is -0.0399. The zero-order valence-electron chi connectivity index (χ0n) is 2.84. The van der Waals surface area contributed by atoms with Crippen molar-refractivity contribution in [3.05, 3.63) is 0 Å². The molecule has 0 aromatic rings. The normalized spacial score (nSPS) is 14.7. The van der Waals surface area contributed by atoms with Crippen molar-refractivity contribution < 1.29 is 23.7 Å². The van der Waals surface area contributed by atoms with Gasteiger partial charge >= 0.3 is 40.2 Å². The van der Waals surface area contributed by atoms with E-state index in [9.17, 15) is 10.7 Å². The third-order valence-electron chi connectivity index (χ3n) is 0.140. The Morgan fingerprint density at radius 3 is 1.50 bits per heavy atom. The van der Waals surface area contributed by atoms with Crippen LogP contribution in [0.4, 0.5) is 10.7 Å². The van der Waals surface area contributed by atoms with Gasteiger partial charge < -0.3 is 0 Å². The molecule has 5 heteroatoms. The molecule has 0 radical (unpaired) electrons. The summed E-state index contributed by atoms with van der Waals surface area (Å²) < 4.78 is 32.5. The number of hydrogen-bond acceptors (Lipinski definition) is 1. The Kier molecular flexibility index (Phi) is 2.32. The van der Waals surface area contributed by atoms with Gasteiger partial charge in [0.1, 0.15) is 0 Å². The topological polar surface area (TPSA) is 0 Å². The first-order valence-corrected chi connectivity index (χ1v) is 4.16. The van der Waals surface area contributed by atoms with Crippen LogP contribution in [0, 0.1) is 0 Å². The third kappa shape index (κ3) is 4.66. The molecule has 0 bridgehead atoms. The van der Waals surface area contributed by atoms with Crippen molar-refractivity contribution in [1.29, 1.82) is 0 Å². The van der Waals surface area contributed by atoms with Gasteiger partial charge in [0, 0.05) is 0 Å². The van der Waals surface area contributed by atoms with E-state index in [1.807, 2.05) is 0 Å². The molecule has 0 heterocycles. The first-order valence-electron chi connectivity index (χ1n) is 0.873. The van der Waals surface area contributed by atoms with E-state index in [1.54, 1.807) is 0 Å². The summed E-state index contributed by atoms with van der Waals surface area (Å²) in [5.41, 5.74) is 0. The zero-order valence-corrected chi connectivity index (χ0v) is 4.60. The molecule has 0 rings (SSSR count). The third-order valence-corrected chi connectivity index (χ3v) is 1.73. The van der Waals surface area contributed by atoms with E-state index in [4.69, 9.17) is 0 Å². The van der Waals surface area contributed by atoms with E-state index in [0.29, 0.717) is 0 Å². The molecule has 0 spiro atoms. The second kappa shape index (κ2) is 2.09. The summed E-state index contributed by atoms with van der Waals surface area (Å²) in [6.07, 6.45) is 1.03. The summed E-state index contributed by atoms with van der Waals surface area (Å²) in [4.78, 5) is 0. The quantitative estimate of drug-likeness (QED) is 0.539. The number of hydrogen-bond donors (Lipinski definition) is 0. The Balaban J connectivity index is 3.17. The van der Waals surface area contributed by atoms with Crippen LogP contribution in [0.2, 0.25) is 0 Å². The second-order valence-electron chi connectivity index (χ2n) is 0.392. The second-order valence-corrected chi connectivity index (χ2v) is 3.78. The summed E-state index contributed by atoms with van der Waals surface area (Å²) in [5, 5.41) is 0. The van der Waals surface area contributed by atoms with Gasteiger partial charge in [-0.3, -0.25) is 0 Å². The van der Waals surface area contributed by atoms with E-state index in [1.165, 1.54) is 0 Å². The summed E-state index contributed by atoms with van der Waals surface area (Å²) in [5.74, 6) is 0. The van der Waals surface area contributed by atoms with Gasteiger partial charge in [-0.15, -0.1) is 0 Å². The maximum atomic E-state index is 10.8. The van der Waals surface area contributed by atoms with Gasteiger partial charge in [-0.25, -0.2) is 0 Å². The minimum atomic E-state index is -4.70. The van der Waals surface area contributed by atoms with Gasteiger partial charge in [-0.2, -0.15) is 0 Å². The van der Waals surface area contributed by atoms with Gasteiger partial charge in [-0.1, -0.05) is 0 Å². The van der Waals surface area contributed by atoms with Gasteiger partial charge in [0.2, 0.25) is 0 Å². The van der Waals surface area contributed by atoms with Gasteiger partial charge in [0.15, 0.2) is 0 Å². The summed E-state index contributed by atoms with van der Waals surface area (Å²) >= 11 is -4.70. The van der Waals surface area contributed by atoms with Crippen LogP contribution < -0.4 is 0 Å². The Labute approximate surface area is 40.8 Å². The molecule has 0 fully saturated rings. The molecule has 0 amide bonds. The Morgan fingerprint density at radius 2 is 1.50 bits per heavy atom. The molecule has 0 atom stereocenters. The molecule has 45 valence electrons. The average molecular weight is 168 g/mol. The summed E-state index contributed by atoms with van der Waals surface area (Å²) in [6.45, 7) is 0. The zero-order chi connectivity index (χ0) is 5.21. The van der Waals surface area contributed by atoms with Crippen molar-refractivity contribution in [2.45, 2.75) is 0 Å². The van der Waals surface area contributed by atoms with E-state index in [2.05, 4.69) is 0 Å². The van der Waals surface area contributed by atoms with E-state index >= 15 is 0 Å². The first-order chi connectivity index (χ1) is 2.56. The molecule has 0 aliphatic rings. The molecule has 0 aromatic heterocycles. The molecule has 0 aliphatic carbocycles. The fraction of sp³-hybridized carbons (Fsp3) is 1.00. The maximum absolute atomic E-state index is 10.8.